The van der Waals surface area contributed by atoms with Crippen LogP contribution in [0.3, 0.4) is 0 Å². The molecule has 0 aromatic carbocycles. The third kappa shape index (κ3) is 1.64. The monoisotopic (exact) mass is 222 g/mol. The molecule has 4 atom stereocenters. The Morgan fingerprint density at radius 2 is 2.29 bits per heavy atom. The van der Waals surface area contributed by atoms with Crippen LogP contribution in [0.1, 0.15) is 19.3 Å². The number of aliphatic hydroxyl groups is 1. The predicted octanol–water partition coefficient (Wildman–Crippen LogP) is 0.911. The molecule has 2 aliphatic rings. The van der Waals surface area contributed by atoms with Gasteiger partial charge in [0.1, 0.15) is 0 Å². The molecular weight excluding hydrogens is 207 g/mol. The van der Waals surface area contributed by atoms with Crippen molar-refractivity contribution in [3.05, 3.63) is 0 Å². The van der Waals surface area contributed by atoms with Crippen LogP contribution in [0.25, 0.3) is 0 Å². The molecule has 0 heterocycles. The minimum absolute atomic E-state index is 0.125. The highest BCUT2D eigenvalue weighted by molar-refractivity contribution is 7.47. The third-order valence-electron chi connectivity index (χ3n) is 3.46. The topological polar surface area (TPSA) is 76.0 Å². The second-order valence-electron chi connectivity index (χ2n) is 4.15. The molecule has 2 rings (SSSR count). The number of phosphoric acid groups is 1. The lowest BCUT2D eigenvalue weighted by Gasteiger charge is -2.19. The molecule has 0 aromatic heterocycles. The lowest BCUT2D eigenvalue weighted by molar-refractivity contribution is 0.0544. The zero-order valence-corrected chi connectivity index (χ0v) is 8.94. The van der Waals surface area contributed by atoms with Crippen molar-refractivity contribution in [2.75, 3.05) is 13.7 Å². The van der Waals surface area contributed by atoms with Crippen molar-refractivity contribution in [2.45, 2.75) is 25.4 Å². The lowest BCUT2D eigenvalue weighted by Crippen LogP contribution is -2.23. The molecule has 0 amide bonds. The van der Waals surface area contributed by atoms with Crippen LogP contribution in [0.5, 0.6) is 0 Å². The van der Waals surface area contributed by atoms with E-state index >= 15 is 0 Å². The van der Waals surface area contributed by atoms with Gasteiger partial charge in [0, 0.05) is 12.5 Å². The smallest absolute Gasteiger partial charge is 0.392 e. The molecule has 0 aromatic rings. The highest BCUT2D eigenvalue weighted by Gasteiger charge is 2.63. The first-order valence-electron chi connectivity index (χ1n) is 4.71. The Labute approximate surface area is 82.6 Å². The molecule has 4 unspecified atom stereocenters. The van der Waals surface area contributed by atoms with Crippen LogP contribution in [-0.2, 0) is 13.6 Å². The summed E-state index contributed by atoms with van der Waals surface area (Å²) in [4.78, 5) is 9.03. The Balaban J connectivity index is 1.90. The number of hydrogen-bond donors (Lipinski definition) is 2. The predicted molar refractivity (Wildman–Crippen MR) is 48.6 cm³/mol. The van der Waals surface area contributed by atoms with Crippen LogP contribution in [0.2, 0.25) is 0 Å². The zero-order valence-electron chi connectivity index (χ0n) is 8.05. The van der Waals surface area contributed by atoms with E-state index in [1.807, 2.05) is 0 Å². The Morgan fingerprint density at radius 1 is 1.57 bits per heavy atom. The molecule has 0 spiro atoms. The molecule has 0 radical (unpaired) electrons. The van der Waals surface area contributed by atoms with E-state index in [-0.39, 0.29) is 18.1 Å². The Hall–Kier alpha value is 0.0700. The zero-order chi connectivity index (χ0) is 10.4. The van der Waals surface area contributed by atoms with Gasteiger partial charge in [-0.15, -0.1) is 0 Å². The number of phosphoric ester groups is 1. The summed E-state index contributed by atoms with van der Waals surface area (Å²) in [7, 11) is -2.75. The van der Waals surface area contributed by atoms with E-state index in [4.69, 9.17) is 9.42 Å². The van der Waals surface area contributed by atoms with E-state index in [0.29, 0.717) is 5.92 Å². The van der Waals surface area contributed by atoms with E-state index in [9.17, 15) is 9.67 Å². The van der Waals surface area contributed by atoms with E-state index < -0.39 is 7.82 Å². The summed E-state index contributed by atoms with van der Waals surface area (Å²) in [6, 6.07) is 0. The second-order valence-corrected chi connectivity index (χ2v) is 5.71. The second kappa shape index (κ2) is 3.29. The maximum Gasteiger partial charge on any atom is 0.471 e. The van der Waals surface area contributed by atoms with Gasteiger partial charge < -0.3 is 10.00 Å². The maximum atomic E-state index is 11.0. The summed E-state index contributed by atoms with van der Waals surface area (Å²) in [6.07, 6.45) is 2.28. The van der Waals surface area contributed by atoms with Crippen LogP contribution >= 0.6 is 7.82 Å². The highest BCUT2D eigenvalue weighted by atomic mass is 31.2. The fourth-order valence-electron chi connectivity index (χ4n) is 2.37. The molecule has 82 valence electrons. The van der Waals surface area contributed by atoms with E-state index in [1.165, 1.54) is 0 Å². The molecule has 2 aliphatic carbocycles. The summed E-state index contributed by atoms with van der Waals surface area (Å²) in [5.41, 5.74) is -0.253. The standard InChI is InChI=1S/C8H15O5P/c1-12-14(10,11)13-5-8-4-6(8)2-3-7(8)9/h6-7,9H,2-5H2,1H3,(H,10,11). The fourth-order valence-corrected chi connectivity index (χ4v) is 2.88. The van der Waals surface area contributed by atoms with Gasteiger partial charge in [-0.2, -0.15) is 0 Å². The molecule has 2 fully saturated rings. The van der Waals surface area contributed by atoms with Crippen LogP contribution in [-0.4, -0.2) is 29.8 Å². The van der Waals surface area contributed by atoms with Crippen molar-refractivity contribution >= 4 is 7.82 Å². The Kier molecular flexibility index (Phi) is 2.48. The van der Waals surface area contributed by atoms with Crippen molar-refractivity contribution in [3.8, 4) is 0 Å². The molecule has 0 bridgehead atoms. The average molecular weight is 222 g/mol. The molecule has 14 heavy (non-hydrogen) atoms. The van der Waals surface area contributed by atoms with Crippen molar-refractivity contribution < 1.29 is 23.6 Å². The van der Waals surface area contributed by atoms with Gasteiger partial charge in [-0.3, -0.25) is 9.05 Å². The minimum Gasteiger partial charge on any atom is -0.392 e. The largest absolute Gasteiger partial charge is 0.471 e. The first-order chi connectivity index (χ1) is 6.50. The summed E-state index contributed by atoms with van der Waals surface area (Å²) in [5.74, 6) is 0.467. The Morgan fingerprint density at radius 3 is 2.71 bits per heavy atom. The van der Waals surface area contributed by atoms with Crippen molar-refractivity contribution in [1.29, 1.82) is 0 Å². The number of aliphatic hydroxyl groups excluding tert-OH is 1. The summed E-state index contributed by atoms with van der Waals surface area (Å²) in [5, 5.41) is 9.67. The van der Waals surface area contributed by atoms with Gasteiger partial charge in [0.15, 0.2) is 0 Å². The van der Waals surface area contributed by atoms with E-state index in [1.54, 1.807) is 0 Å². The molecule has 2 saturated carbocycles. The van der Waals surface area contributed by atoms with Gasteiger partial charge in [0.2, 0.25) is 0 Å². The van der Waals surface area contributed by atoms with Crippen LogP contribution in [0.15, 0.2) is 0 Å². The third-order valence-corrected chi connectivity index (χ3v) is 4.38. The number of hydrogen-bond acceptors (Lipinski definition) is 4. The molecule has 2 N–H and O–H groups in total. The van der Waals surface area contributed by atoms with Crippen molar-refractivity contribution in [2.24, 2.45) is 11.3 Å². The Bertz CT molecular complexity index is 281. The van der Waals surface area contributed by atoms with E-state index in [0.717, 1.165) is 26.4 Å². The average Bonchev–Trinajstić information content (AvgIpc) is 2.80. The lowest BCUT2D eigenvalue weighted by atomic mass is 10.0. The van der Waals surface area contributed by atoms with Gasteiger partial charge in [-0.05, 0) is 25.2 Å². The van der Waals surface area contributed by atoms with Crippen LogP contribution < -0.4 is 0 Å². The van der Waals surface area contributed by atoms with Crippen LogP contribution in [0.4, 0.5) is 0 Å². The molecule has 0 saturated heterocycles. The normalized spacial score (nSPS) is 44.5. The molecule has 0 aliphatic heterocycles. The summed E-state index contributed by atoms with van der Waals surface area (Å²) >= 11 is 0. The number of fused-ring (bicyclic) bond motifs is 1. The van der Waals surface area contributed by atoms with Gasteiger partial charge in [-0.1, -0.05) is 0 Å². The van der Waals surface area contributed by atoms with Gasteiger partial charge in [0.05, 0.1) is 12.7 Å². The molecule has 5 nitrogen and oxygen atoms in total. The fraction of sp³-hybridized carbons (Fsp3) is 1.00. The summed E-state index contributed by atoms with van der Waals surface area (Å²) < 4.78 is 20.1. The minimum atomic E-state index is -3.88. The first-order valence-corrected chi connectivity index (χ1v) is 6.21. The van der Waals surface area contributed by atoms with Gasteiger partial charge >= 0.3 is 7.82 Å². The van der Waals surface area contributed by atoms with Gasteiger partial charge in [0.25, 0.3) is 0 Å². The highest BCUT2D eigenvalue weighted by Crippen LogP contribution is 2.64. The van der Waals surface area contributed by atoms with Crippen molar-refractivity contribution in [1.82, 2.24) is 0 Å². The first kappa shape index (κ1) is 10.6. The quantitative estimate of drug-likeness (QED) is 0.691. The maximum absolute atomic E-state index is 11.0. The molecule has 6 heteroatoms. The summed E-state index contributed by atoms with van der Waals surface area (Å²) in [6.45, 7) is 0.125. The van der Waals surface area contributed by atoms with Crippen LogP contribution in [0, 0.1) is 11.3 Å². The van der Waals surface area contributed by atoms with Gasteiger partial charge in [-0.25, -0.2) is 4.57 Å². The SMILES string of the molecule is COP(=O)(O)OCC12CC1CCC2O. The van der Waals surface area contributed by atoms with E-state index in [2.05, 4.69) is 4.52 Å². The van der Waals surface area contributed by atoms with Crippen molar-refractivity contribution in [3.63, 3.8) is 0 Å². The molecular formula is C8H15O5P. The number of rotatable bonds is 4.